The zero-order chi connectivity index (χ0) is 27.3. The first-order valence-corrected chi connectivity index (χ1v) is 13.7. The van der Waals surface area contributed by atoms with E-state index in [-0.39, 0.29) is 31.2 Å². The van der Waals surface area contributed by atoms with Gasteiger partial charge in [0.1, 0.15) is 0 Å². The van der Waals surface area contributed by atoms with Crippen LogP contribution in [-0.4, -0.2) is 77.8 Å². The Morgan fingerprint density at radius 1 is 0.744 bits per heavy atom. The van der Waals surface area contributed by atoms with Crippen molar-refractivity contribution in [2.75, 3.05) is 70.8 Å². The SMILES string of the molecule is NCCOCCOCCOCCOCCC(=O)NCCC(=O)N1Cc2ccccc2C2=C(C2)c2ccccc21. The number of carbonyl (C=O) groups is 2. The third kappa shape index (κ3) is 8.71. The van der Waals surface area contributed by atoms with Crippen LogP contribution < -0.4 is 16.0 Å². The summed E-state index contributed by atoms with van der Waals surface area (Å²) in [6, 6.07) is 16.4. The van der Waals surface area contributed by atoms with E-state index < -0.39 is 0 Å². The lowest BCUT2D eigenvalue weighted by Gasteiger charge is -2.27. The van der Waals surface area contributed by atoms with Crippen LogP contribution in [0.4, 0.5) is 5.69 Å². The van der Waals surface area contributed by atoms with Crippen molar-refractivity contribution in [3.8, 4) is 0 Å². The van der Waals surface area contributed by atoms with E-state index in [1.165, 1.54) is 16.7 Å². The molecule has 1 aliphatic heterocycles. The number of carbonyl (C=O) groups excluding carboxylic acids is 2. The minimum atomic E-state index is -0.139. The summed E-state index contributed by atoms with van der Waals surface area (Å²) >= 11 is 0. The standard InChI is InChI=1S/C30H39N3O6/c31-11-14-37-16-18-39-20-19-38-17-15-36-13-10-29(34)32-12-9-30(35)33-22-23-5-1-2-6-24(23)26-21-27(26)25-7-3-4-8-28(25)33/h1-8H,9-22,31H2,(H,32,34). The van der Waals surface area contributed by atoms with Gasteiger partial charge in [0.15, 0.2) is 0 Å². The number of nitrogens with two attached hydrogens (primary N) is 1. The van der Waals surface area contributed by atoms with Crippen LogP contribution in [0.3, 0.4) is 0 Å². The maximum Gasteiger partial charge on any atom is 0.229 e. The van der Waals surface area contributed by atoms with Gasteiger partial charge in [-0.05, 0) is 34.8 Å². The Hall–Kier alpha value is -3.08. The molecule has 0 unspecified atom stereocenters. The van der Waals surface area contributed by atoms with Crippen molar-refractivity contribution in [3.05, 3.63) is 65.2 Å². The van der Waals surface area contributed by atoms with E-state index in [9.17, 15) is 9.59 Å². The fourth-order valence-corrected chi connectivity index (χ4v) is 4.59. The number of hydrogen-bond acceptors (Lipinski definition) is 7. The van der Waals surface area contributed by atoms with Gasteiger partial charge in [-0.1, -0.05) is 42.5 Å². The highest BCUT2D eigenvalue weighted by Crippen LogP contribution is 2.52. The molecule has 9 heteroatoms. The van der Waals surface area contributed by atoms with Gasteiger partial charge < -0.3 is 34.9 Å². The average molecular weight is 538 g/mol. The van der Waals surface area contributed by atoms with E-state index >= 15 is 0 Å². The number of para-hydroxylation sites is 1. The Labute approximate surface area is 230 Å². The predicted octanol–water partition coefficient (Wildman–Crippen LogP) is 2.77. The summed E-state index contributed by atoms with van der Waals surface area (Å²) in [6.45, 7) is 4.97. The molecule has 39 heavy (non-hydrogen) atoms. The summed E-state index contributed by atoms with van der Waals surface area (Å²) in [4.78, 5) is 27.4. The van der Waals surface area contributed by atoms with Crippen molar-refractivity contribution < 1.29 is 28.5 Å². The number of nitrogens with one attached hydrogen (secondary N) is 1. The first kappa shape index (κ1) is 28.9. The second-order valence-electron chi connectivity index (χ2n) is 9.38. The van der Waals surface area contributed by atoms with Gasteiger partial charge in [0.25, 0.3) is 0 Å². The number of ether oxygens (including phenoxy) is 4. The van der Waals surface area contributed by atoms with Crippen molar-refractivity contribution in [1.82, 2.24) is 5.32 Å². The molecule has 210 valence electrons. The number of hydrogen-bond donors (Lipinski definition) is 2. The molecule has 0 spiro atoms. The molecule has 3 N–H and O–H groups in total. The normalized spacial score (nSPS) is 13.7. The number of rotatable bonds is 17. The molecular weight excluding hydrogens is 498 g/mol. The molecule has 0 bridgehead atoms. The second kappa shape index (κ2) is 15.5. The third-order valence-corrected chi connectivity index (χ3v) is 6.60. The summed E-state index contributed by atoms with van der Waals surface area (Å²) in [6.07, 6.45) is 1.42. The van der Waals surface area contributed by atoms with Crippen LogP contribution in [-0.2, 0) is 35.1 Å². The minimum absolute atomic E-state index is 0.0114. The highest BCUT2D eigenvalue weighted by atomic mass is 16.6. The van der Waals surface area contributed by atoms with Gasteiger partial charge in [-0.3, -0.25) is 9.59 Å². The molecule has 0 radical (unpaired) electrons. The van der Waals surface area contributed by atoms with Gasteiger partial charge in [0, 0.05) is 31.5 Å². The number of amides is 2. The maximum absolute atomic E-state index is 13.3. The van der Waals surface area contributed by atoms with E-state index in [1.807, 2.05) is 35.2 Å². The number of anilines is 1. The van der Waals surface area contributed by atoms with Gasteiger partial charge in [-0.25, -0.2) is 0 Å². The van der Waals surface area contributed by atoms with E-state index in [4.69, 9.17) is 24.7 Å². The van der Waals surface area contributed by atoms with Crippen LogP contribution >= 0.6 is 0 Å². The van der Waals surface area contributed by atoms with Gasteiger partial charge in [-0.2, -0.15) is 0 Å². The van der Waals surface area contributed by atoms with E-state index in [0.717, 1.165) is 23.2 Å². The molecule has 0 fully saturated rings. The molecule has 2 aromatic rings. The number of fused-ring (bicyclic) bond motifs is 4. The molecule has 1 aliphatic carbocycles. The quantitative estimate of drug-likeness (QED) is 0.299. The summed E-state index contributed by atoms with van der Waals surface area (Å²) in [5.74, 6) is -0.150. The number of benzene rings is 2. The number of nitrogens with zero attached hydrogens (tertiary/aromatic N) is 1. The average Bonchev–Trinajstić information content (AvgIpc) is 3.74. The zero-order valence-electron chi connectivity index (χ0n) is 22.5. The lowest BCUT2D eigenvalue weighted by Crippen LogP contribution is -2.35. The molecule has 0 saturated carbocycles. The summed E-state index contributed by atoms with van der Waals surface area (Å²) in [5.41, 5.74) is 12.5. The molecule has 0 saturated heterocycles. The summed E-state index contributed by atoms with van der Waals surface area (Å²) in [7, 11) is 0. The van der Waals surface area contributed by atoms with Gasteiger partial charge in [0.05, 0.1) is 65.1 Å². The summed E-state index contributed by atoms with van der Waals surface area (Å²) < 4.78 is 21.5. The smallest absolute Gasteiger partial charge is 0.229 e. The van der Waals surface area contributed by atoms with E-state index in [2.05, 4.69) is 23.5 Å². The van der Waals surface area contributed by atoms with Crippen LogP contribution in [0.1, 0.15) is 36.0 Å². The fourth-order valence-electron chi connectivity index (χ4n) is 4.59. The first-order chi connectivity index (χ1) is 19.2. The lowest BCUT2D eigenvalue weighted by molar-refractivity contribution is -0.122. The van der Waals surface area contributed by atoms with Gasteiger partial charge in [0.2, 0.25) is 11.8 Å². The van der Waals surface area contributed by atoms with E-state index in [0.29, 0.717) is 65.9 Å². The fraction of sp³-hybridized carbons (Fsp3) is 0.467. The van der Waals surface area contributed by atoms with Crippen molar-refractivity contribution in [3.63, 3.8) is 0 Å². The van der Waals surface area contributed by atoms with Crippen LogP contribution in [0.5, 0.6) is 0 Å². The maximum atomic E-state index is 13.3. The largest absolute Gasteiger partial charge is 0.379 e. The summed E-state index contributed by atoms with van der Waals surface area (Å²) in [5, 5.41) is 2.84. The Bertz CT molecular complexity index is 1140. The molecule has 0 atom stereocenters. The van der Waals surface area contributed by atoms with Crippen LogP contribution in [0.2, 0.25) is 0 Å². The highest BCUT2D eigenvalue weighted by molar-refractivity contribution is 6.12. The predicted molar refractivity (Wildman–Crippen MR) is 150 cm³/mol. The molecule has 2 amide bonds. The van der Waals surface area contributed by atoms with Crippen molar-refractivity contribution in [1.29, 1.82) is 0 Å². The van der Waals surface area contributed by atoms with Crippen LogP contribution in [0, 0.1) is 0 Å². The Kier molecular flexibility index (Phi) is 11.5. The Morgan fingerprint density at radius 2 is 1.33 bits per heavy atom. The first-order valence-electron chi connectivity index (χ1n) is 13.7. The number of allylic oxidation sites excluding steroid dienone is 2. The Morgan fingerprint density at radius 3 is 2.05 bits per heavy atom. The molecular formula is C30H39N3O6. The van der Waals surface area contributed by atoms with Crippen molar-refractivity contribution in [2.45, 2.75) is 25.8 Å². The van der Waals surface area contributed by atoms with Crippen LogP contribution in [0.25, 0.3) is 11.1 Å². The van der Waals surface area contributed by atoms with Crippen molar-refractivity contribution in [2.24, 2.45) is 5.73 Å². The molecule has 1 heterocycles. The highest BCUT2D eigenvalue weighted by Gasteiger charge is 2.33. The topological polar surface area (TPSA) is 112 Å². The third-order valence-electron chi connectivity index (χ3n) is 6.60. The van der Waals surface area contributed by atoms with E-state index in [1.54, 1.807) is 0 Å². The molecule has 2 aliphatic rings. The molecule has 4 rings (SSSR count). The second-order valence-corrected chi connectivity index (χ2v) is 9.38. The van der Waals surface area contributed by atoms with Gasteiger partial charge in [-0.15, -0.1) is 0 Å². The van der Waals surface area contributed by atoms with Gasteiger partial charge >= 0.3 is 0 Å². The zero-order valence-corrected chi connectivity index (χ0v) is 22.5. The van der Waals surface area contributed by atoms with Crippen LogP contribution in [0.15, 0.2) is 48.5 Å². The molecule has 2 aromatic carbocycles. The lowest BCUT2D eigenvalue weighted by atomic mass is 10.0. The minimum Gasteiger partial charge on any atom is -0.379 e. The van der Waals surface area contributed by atoms with Crippen molar-refractivity contribution >= 4 is 28.6 Å². The molecule has 9 nitrogen and oxygen atoms in total. The Balaban J connectivity index is 1.11. The monoisotopic (exact) mass is 537 g/mol. The molecule has 0 aromatic heterocycles.